The van der Waals surface area contributed by atoms with Crippen LogP contribution in [0, 0.1) is 13.8 Å². The molecule has 0 aliphatic carbocycles. The number of hydrogen-bond acceptors (Lipinski definition) is 2. The second-order valence-electron chi connectivity index (χ2n) is 4.78. The van der Waals surface area contributed by atoms with Gasteiger partial charge < -0.3 is 0 Å². The Morgan fingerprint density at radius 1 is 0.950 bits per heavy atom. The van der Waals surface area contributed by atoms with E-state index in [-0.39, 0.29) is 4.90 Å². The molecule has 0 amide bonds. The Morgan fingerprint density at radius 3 is 2.15 bits per heavy atom. The summed E-state index contributed by atoms with van der Waals surface area (Å²) in [5.41, 5.74) is 3.38. The van der Waals surface area contributed by atoms with E-state index in [1.807, 2.05) is 38.1 Å². The van der Waals surface area contributed by atoms with Crippen molar-refractivity contribution in [3.8, 4) is 0 Å². The Labute approximate surface area is 120 Å². The number of aryl methyl sites for hydroxylation is 2. The fourth-order valence-corrected chi connectivity index (χ4v) is 3.02. The van der Waals surface area contributed by atoms with Gasteiger partial charge in [0.15, 0.2) is 0 Å². The first-order valence-corrected chi connectivity index (χ1v) is 7.78. The summed E-state index contributed by atoms with van der Waals surface area (Å²) in [5, 5.41) is 0. The van der Waals surface area contributed by atoms with Gasteiger partial charge in [0, 0.05) is 0 Å². The van der Waals surface area contributed by atoms with Gasteiger partial charge in [-0.05, 0) is 44.0 Å². The van der Waals surface area contributed by atoms with Crippen molar-refractivity contribution in [2.75, 3.05) is 0 Å². The van der Waals surface area contributed by atoms with Gasteiger partial charge in [-0.1, -0.05) is 42.0 Å². The van der Waals surface area contributed by atoms with Gasteiger partial charge in [-0.15, -0.1) is 0 Å². The van der Waals surface area contributed by atoms with Gasteiger partial charge in [-0.3, -0.25) is 0 Å². The van der Waals surface area contributed by atoms with Crippen LogP contribution in [0.15, 0.2) is 57.8 Å². The van der Waals surface area contributed by atoms with Crippen molar-refractivity contribution in [3.05, 3.63) is 65.2 Å². The quantitative estimate of drug-likeness (QED) is 0.811. The zero-order valence-electron chi connectivity index (χ0n) is 11.8. The third kappa shape index (κ3) is 3.14. The van der Waals surface area contributed by atoms with Crippen molar-refractivity contribution in [2.24, 2.45) is 4.40 Å². The van der Waals surface area contributed by atoms with Gasteiger partial charge >= 0.3 is 0 Å². The molecule has 0 saturated heterocycles. The summed E-state index contributed by atoms with van der Waals surface area (Å²) >= 11 is 0. The molecule has 3 nitrogen and oxygen atoms in total. The van der Waals surface area contributed by atoms with E-state index >= 15 is 0 Å². The molecule has 0 aliphatic rings. The Hall–Kier alpha value is -1.94. The van der Waals surface area contributed by atoms with Crippen LogP contribution in [0.5, 0.6) is 0 Å². The largest absolute Gasteiger partial charge is 0.282 e. The first kappa shape index (κ1) is 14.5. The van der Waals surface area contributed by atoms with Gasteiger partial charge in [0.05, 0.1) is 10.6 Å². The molecule has 0 N–H and O–H groups in total. The fraction of sp³-hybridized carbons (Fsp3) is 0.188. The zero-order chi connectivity index (χ0) is 14.8. The van der Waals surface area contributed by atoms with Crippen LogP contribution in [0.3, 0.4) is 0 Å². The zero-order valence-corrected chi connectivity index (χ0v) is 12.6. The molecule has 0 spiro atoms. The highest BCUT2D eigenvalue weighted by atomic mass is 32.2. The molecule has 2 rings (SSSR count). The summed E-state index contributed by atoms with van der Waals surface area (Å²) in [4.78, 5) is 0.219. The molecule has 0 saturated carbocycles. The maximum absolute atomic E-state index is 12.3. The van der Waals surface area contributed by atoms with Crippen LogP contribution < -0.4 is 0 Å². The third-order valence-corrected chi connectivity index (χ3v) is 4.49. The van der Waals surface area contributed by atoms with Crippen LogP contribution in [-0.4, -0.2) is 14.1 Å². The van der Waals surface area contributed by atoms with Crippen molar-refractivity contribution in [1.82, 2.24) is 0 Å². The molecule has 0 unspecified atom stereocenters. The van der Waals surface area contributed by atoms with E-state index in [9.17, 15) is 8.42 Å². The lowest BCUT2D eigenvalue weighted by atomic mass is 10.1. The number of hydrogen-bond donors (Lipinski definition) is 0. The second kappa shape index (κ2) is 5.59. The maximum Gasteiger partial charge on any atom is 0.282 e. The lowest BCUT2D eigenvalue weighted by Crippen LogP contribution is -2.04. The third-order valence-electron chi connectivity index (χ3n) is 3.11. The van der Waals surface area contributed by atoms with E-state index in [1.54, 1.807) is 31.2 Å². The van der Waals surface area contributed by atoms with Crippen LogP contribution in [0.2, 0.25) is 0 Å². The van der Waals surface area contributed by atoms with Crippen LogP contribution >= 0.6 is 0 Å². The van der Waals surface area contributed by atoms with Crippen molar-refractivity contribution in [3.63, 3.8) is 0 Å². The molecule has 104 valence electrons. The molecule has 20 heavy (non-hydrogen) atoms. The number of sulfonamides is 1. The minimum absolute atomic E-state index is 0.219. The molecule has 0 atom stereocenters. The molecule has 0 bridgehead atoms. The molecule has 0 heterocycles. The molecule has 0 aliphatic heterocycles. The standard InChI is InChI=1S/C16H17NO2S/c1-12-8-10-15(11-9-12)20(18,19)17-14(3)16-7-5-4-6-13(16)2/h4-11H,1-3H3. The van der Waals surface area contributed by atoms with Crippen molar-refractivity contribution >= 4 is 15.7 Å². The molecule has 2 aromatic carbocycles. The summed E-state index contributed by atoms with van der Waals surface area (Å²) in [5.74, 6) is 0. The highest BCUT2D eigenvalue weighted by Gasteiger charge is 2.13. The number of nitrogens with zero attached hydrogens (tertiary/aromatic N) is 1. The van der Waals surface area contributed by atoms with Gasteiger partial charge in [-0.2, -0.15) is 12.8 Å². The van der Waals surface area contributed by atoms with Gasteiger partial charge in [0.1, 0.15) is 0 Å². The monoisotopic (exact) mass is 287 g/mol. The fourth-order valence-electron chi connectivity index (χ4n) is 1.97. The summed E-state index contributed by atoms with van der Waals surface area (Å²) in [6, 6.07) is 14.3. The topological polar surface area (TPSA) is 46.5 Å². The molecule has 2 aromatic rings. The Morgan fingerprint density at radius 2 is 1.55 bits per heavy atom. The first-order valence-electron chi connectivity index (χ1n) is 6.34. The summed E-state index contributed by atoms with van der Waals surface area (Å²) < 4.78 is 28.4. The van der Waals surface area contributed by atoms with E-state index < -0.39 is 10.0 Å². The first-order chi connectivity index (χ1) is 9.40. The lowest BCUT2D eigenvalue weighted by molar-refractivity contribution is 0.598. The average Bonchev–Trinajstić information content (AvgIpc) is 2.39. The summed E-state index contributed by atoms with van der Waals surface area (Å²) in [7, 11) is -3.65. The Balaban J connectivity index is 2.43. The Bertz CT molecular complexity index is 744. The van der Waals surface area contributed by atoms with Gasteiger partial charge in [0.25, 0.3) is 10.0 Å². The van der Waals surface area contributed by atoms with Crippen molar-refractivity contribution in [1.29, 1.82) is 0 Å². The highest BCUT2D eigenvalue weighted by molar-refractivity contribution is 7.90. The van der Waals surface area contributed by atoms with E-state index in [2.05, 4.69) is 4.40 Å². The van der Waals surface area contributed by atoms with Crippen LogP contribution in [0.1, 0.15) is 23.6 Å². The van der Waals surface area contributed by atoms with Crippen LogP contribution in [0.25, 0.3) is 0 Å². The van der Waals surface area contributed by atoms with E-state index in [4.69, 9.17) is 0 Å². The van der Waals surface area contributed by atoms with Crippen LogP contribution in [-0.2, 0) is 10.0 Å². The van der Waals surface area contributed by atoms with E-state index in [0.29, 0.717) is 5.71 Å². The molecule has 0 radical (unpaired) electrons. The predicted octanol–water partition coefficient (Wildman–Crippen LogP) is 3.50. The highest BCUT2D eigenvalue weighted by Crippen LogP contribution is 2.16. The smallest absolute Gasteiger partial charge is 0.199 e. The molecule has 0 aromatic heterocycles. The molecule has 4 heteroatoms. The number of benzene rings is 2. The van der Waals surface area contributed by atoms with E-state index in [0.717, 1.165) is 16.7 Å². The van der Waals surface area contributed by atoms with Crippen LogP contribution in [0.4, 0.5) is 0 Å². The van der Waals surface area contributed by atoms with Gasteiger partial charge in [-0.25, -0.2) is 0 Å². The minimum atomic E-state index is -3.65. The van der Waals surface area contributed by atoms with Crippen molar-refractivity contribution < 1.29 is 8.42 Å². The molecular formula is C16H17NO2S. The minimum Gasteiger partial charge on any atom is -0.199 e. The maximum atomic E-state index is 12.3. The Kier molecular flexibility index (Phi) is 4.04. The summed E-state index contributed by atoms with van der Waals surface area (Å²) in [6.07, 6.45) is 0. The molecule has 0 fully saturated rings. The number of rotatable bonds is 3. The SMILES string of the molecule is CC(=NS(=O)(=O)c1ccc(C)cc1)c1ccccc1C. The predicted molar refractivity (Wildman–Crippen MR) is 81.8 cm³/mol. The van der Waals surface area contributed by atoms with E-state index in [1.165, 1.54) is 0 Å². The lowest BCUT2D eigenvalue weighted by Gasteiger charge is -2.05. The molecular weight excluding hydrogens is 270 g/mol. The van der Waals surface area contributed by atoms with Crippen molar-refractivity contribution in [2.45, 2.75) is 25.7 Å². The van der Waals surface area contributed by atoms with Gasteiger partial charge in [0.2, 0.25) is 0 Å². The normalized spacial score (nSPS) is 12.4. The average molecular weight is 287 g/mol. The second-order valence-corrected chi connectivity index (χ2v) is 6.38. The summed E-state index contributed by atoms with van der Waals surface area (Å²) in [6.45, 7) is 5.57.